The molecule has 0 radical (unpaired) electrons. The van der Waals surface area contributed by atoms with Crippen molar-refractivity contribution in [2.45, 2.75) is 33.6 Å². The van der Waals surface area contributed by atoms with Crippen LogP contribution in [0.5, 0.6) is 0 Å². The zero-order chi connectivity index (χ0) is 17.1. The van der Waals surface area contributed by atoms with Crippen LogP contribution in [0.25, 0.3) is 0 Å². The number of carbonyl (C=O) groups is 3. The topological polar surface area (TPSA) is 90.9 Å². The first kappa shape index (κ1) is 19.7. The average Bonchev–Trinajstić information content (AvgIpc) is 2.53. The summed E-state index contributed by atoms with van der Waals surface area (Å²) >= 11 is 0. The molecule has 1 N–H and O–H groups in total. The Kier molecular flexibility index (Phi) is 9.33. The standard InChI is InChI=1S/C15H23NO6/c1-6-8-9-11(14(18)22-7-2)16-12(15(19)21-5)10(3)13(17)20-4/h9,16H,6-8H2,1-5H3/b11-9+,12-10+. The normalized spacial score (nSPS) is 12.1. The summed E-state index contributed by atoms with van der Waals surface area (Å²) in [4.78, 5) is 35.3. The van der Waals surface area contributed by atoms with E-state index >= 15 is 0 Å². The van der Waals surface area contributed by atoms with Gasteiger partial charge in [-0.2, -0.15) is 0 Å². The molecule has 7 heteroatoms. The van der Waals surface area contributed by atoms with Crippen molar-refractivity contribution in [1.82, 2.24) is 5.32 Å². The van der Waals surface area contributed by atoms with Crippen molar-refractivity contribution in [3.8, 4) is 0 Å². The van der Waals surface area contributed by atoms with Gasteiger partial charge in [-0.05, 0) is 20.3 Å². The van der Waals surface area contributed by atoms with Gasteiger partial charge in [-0.3, -0.25) is 0 Å². The van der Waals surface area contributed by atoms with E-state index < -0.39 is 17.9 Å². The number of hydrogen-bond acceptors (Lipinski definition) is 7. The predicted octanol–water partition coefficient (Wildman–Crippen LogP) is 1.44. The van der Waals surface area contributed by atoms with Crippen LogP contribution in [0, 0.1) is 0 Å². The zero-order valence-corrected chi connectivity index (χ0v) is 13.6. The van der Waals surface area contributed by atoms with Crippen LogP contribution in [0.1, 0.15) is 33.6 Å². The predicted molar refractivity (Wildman–Crippen MR) is 79.5 cm³/mol. The maximum Gasteiger partial charge on any atom is 0.355 e. The van der Waals surface area contributed by atoms with Gasteiger partial charge in [0.2, 0.25) is 0 Å². The van der Waals surface area contributed by atoms with Crippen molar-refractivity contribution in [1.29, 1.82) is 0 Å². The largest absolute Gasteiger partial charge is 0.466 e. The molecular weight excluding hydrogens is 290 g/mol. The third kappa shape index (κ3) is 5.99. The fourth-order valence-corrected chi connectivity index (χ4v) is 1.47. The summed E-state index contributed by atoms with van der Waals surface area (Å²) < 4.78 is 14.1. The van der Waals surface area contributed by atoms with Crippen LogP contribution in [-0.2, 0) is 28.6 Å². The first-order chi connectivity index (χ1) is 10.4. The summed E-state index contributed by atoms with van der Waals surface area (Å²) in [7, 11) is 2.37. The second kappa shape index (κ2) is 10.4. The number of methoxy groups -OCH3 is 2. The minimum absolute atomic E-state index is 0.000969. The van der Waals surface area contributed by atoms with Gasteiger partial charge in [-0.1, -0.05) is 19.4 Å². The molecule has 0 atom stereocenters. The Bertz CT molecular complexity index is 478. The lowest BCUT2D eigenvalue weighted by Gasteiger charge is -2.14. The highest BCUT2D eigenvalue weighted by Gasteiger charge is 2.22. The molecule has 0 unspecified atom stereocenters. The van der Waals surface area contributed by atoms with Crippen molar-refractivity contribution >= 4 is 17.9 Å². The highest BCUT2D eigenvalue weighted by atomic mass is 16.5. The number of ether oxygens (including phenoxy) is 3. The Morgan fingerprint density at radius 3 is 2.05 bits per heavy atom. The third-order valence-electron chi connectivity index (χ3n) is 2.65. The molecular formula is C15H23NO6. The van der Waals surface area contributed by atoms with E-state index in [1.807, 2.05) is 6.92 Å². The van der Waals surface area contributed by atoms with E-state index in [1.165, 1.54) is 21.1 Å². The second-order valence-corrected chi connectivity index (χ2v) is 4.24. The van der Waals surface area contributed by atoms with E-state index in [0.717, 1.165) is 6.42 Å². The zero-order valence-electron chi connectivity index (χ0n) is 13.6. The number of rotatable bonds is 8. The molecule has 22 heavy (non-hydrogen) atoms. The summed E-state index contributed by atoms with van der Waals surface area (Å²) in [5.41, 5.74) is -0.0850. The smallest absolute Gasteiger partial charge is 0.355 e. The number of unbranched alkanes of at least 4 members (excludes halogenated alkanes) is 1. The molecule has 124 valence electrons. The van der Waals surface area contributed by atoms with Gasteiger partial charge in [0.05, 0.1) is 26.4 Å². The van der Waals surface area contributed by atoms with E-state index in [2.05, 4.69) is 14.8 Å². The SMILES string of the molecule is CCC/C=C(/N/C(C(=O)OC)=C(\C)C(=O)OC)C(=O)OCC. The number of allylic oxidation sites excluding steroid dienone is 1. The molecule has 0 aromatic rings. The lowest BCUT2D eigenvalue weighted by Crippen LogP contribution is -2.29. The minimum atomic E-state index is -0.783. The van der Waals surface area contributed by atoms with Crippen molar-refractivity contribution < 1.29 is 28.6 Å². The molecule has 0 aliphatic rings. The van der Waals surface area contributed by atoms with Crippen LogP contribution in [0.15, 0.2) is 23.0 Å². The first-order valence-electron chi connectivity index (χ1n) is 6.94. The maximum absolute atomic E-state index is 11.9. The molecule has 0 aliphatic heterocycles. The number of carbonyl (C=O) groups excluding carboxylic acids is 3. The van der Waals surface area contributed by atoms with Crippen LogP contribution in [0.3, 0.4) is 0 Å². The lowest BCUT2D eigenvalue weighted by atomic mass is 10.2. The monoisotopic (exact) mass is 313 g/mol. The van der Waals surface area contributed by atoms with E-state index in [1.54, 1.807) is 13.0 Å². The Labute approximate surface area is 130 Å². The molecule has 0 fully saturated rings. The molecule has 0 bridgehead atoms. The molecule has 7 nitrogen and oxygen atoms in total. The van der Waals surface area contributed by atoms with E-state index in [4.69, 9.17) is 4.74 Å². The molecule has 0 aliphatic carbocycles. The van der Waals surface area contributed by atoms with Crippen molar-refractivity contribution in [2.75, 3.05) is 20.8 Å². The van der Waals surface area contributed by atoms with Crippen molar-refractivity contribution in [3.63, 3.8) is 0 Å². The van der Waals surface area contributed by atoms with Gasteiger partial charge >= 0.3 is 17.9 Å². The van der Waals surface area contributed by atoms with Gasteiger partial charge in [0.25, 0.3) is 0 Å². The first-order valence-corrected chi connectivity index (χ1v) is 6.94. The van der Waals surface area contributed by atoms with Crippen LogP contribution in [0.4, 0.5) is 0 Å². The molecule has 0 rings (SSSR count). The van der Waals surface area contributed by atoms with Gasteiger partial charge in [-0.25, -0.2) is 14.4 Å². The fourth-order valence-electron chi connectivity index (χ4n) is 1.47. The quantitative estimate of drug-likeness (QED) is 0.412. The number of hydrogen-bond donors (Lipinski definition) is 1. The summed E-state index contributed by atoms with van der Waals surface area (Å²) in [6.07, 6.45) is 3.01. The van der Waals surface area contributed by atoms with Gasteiger partial charge in [-0.15, -0.1) is 0 Å². The van der Waals surface area contributed by atoms with Crippen molar-refractivity contribution in [3.05, 3.63) is 23.0 Å². The molecule has 0 heterocycles. The van der Waals surface area contributed by atoms with Gasteiger partial charge in [0.15, 0.2) is 0 Å². The highest BCUT2D eigenvalue weighted by Crippen LogP contribution is 2.10. The molecule has 0 amide bonds. The third-order valence-corrected chi connectivity index (χ3v) is 2.65. The lowest BCUT2D eigenvalue weighted by molar-refractivity contribution is -0.140. The van der Waals surface area contributed by atoms with Crippen molar-refractivity contribution in [2.24, 2.45) is 0 Å². The van der Waals surface area contributed by atoms with Crippen LogP contribution in [0.2, 0.25) is 0 Å². The molecule has 0 aromatic heterocycles. The highest BCUT2D eigenvalue weighted by molar-refractivity contribution is 6.01. The number of nitrogens with one attached hydrogen (secondary N) is 1. The molecule has 0 spiro atoms. The number of esters is 3. The summed E-state index contributed by atoms with van der Waals surface area (Å²) in [6, 6.07) is 0. The second-order valence-electron chi connectivity index (χ2n) is 4.24. The minimum Gasteiger partial charge on any atom is -0.466 e. The molecule has 0 aromatic carbocycles. The maximum atomic E-state index is 11.9. The fraction of sp³-hybridized carbons (Fsp3) is 0.533. The van der Waals surface area contributed by atoms with E-state index in [0.29, 0.717) is 6.42 Å². The Morgan fingerprint density at radius 2 is 1.59 bits per heavy atom. The Hall–Kier alpha value is -2.31. The van der Waals surface area contributed by atoms with E-state index in [9.17, 15) is 14.4 Å². The van der Waals surface area contributed by atoms with Crippen LogP contribution >= 0.6 is 0 Å². The average molecular weight is 313 g/mol. The summed E-state index contributed by atoms with van der Waals surface area (Å²) in [5.74, 6) is -2.10. The van der Waals surface area contributed by atoms with Gasteiger partial charge < -0.3 is 19.5 Å². The molecule has 0 saturated carbocycles. The Morgan fingerprint density at radius 1 is 1.00 bits per heavy atom. The van der Waals surface area contributed by atoms with Gasteiger partial charge in [0, 0.05) is 0 Å². The summed E-state index contributed by atoms with van der Waals surface area (Å²) in [5, 5.41) is 2.63. The van der Waals surface area contributed by atoms with Crippen LogP contribution < -0.4 is 5.32 Å². The van der Waals surface area contributed by atoms with E-state index in [-0.39, 0.29) is 23.6 Å². The summed E-state index contributed by atoms with van der Waals surface area (Å²) in [6.45, 7) is 5.20. The Balaban J connectivity index is 5.60. The molecule has 0 saturated heterocycles. The van der Waals surface area contributed by atoms with Gasteiger partial charge in [0.1, 0.15) is 11.4 Å². The van der Waals surface area contributed by atoms with Crippen LogP contribution in [-0.4, -0.2) is 38.7 Å².